The number of rotatable bonds is 8. The number of aryl methyl sites for hydroxylation is 1. The van der Waals surface area contributed by atoms with Gasteiger partial charge in [0.1, 0.15) is 17.1 Å². The molecule has 0 unspecified atom stereocenters. The number of aromatic carboxylic acids is 1. The molecular weight excluding hydrogens is 314 g/mol. The van der Waals surface area contributed by atoms with Gasteiger partial charge in [-0.1, -0.05) is 12.1 Å². The molecule has 0 aliphatic carbocycles. The molecule has 1 heterocycles. The first-order valence-corrected chi connectivity index (χ1v) is 7.45. The summed E-state index contributed by atoms with van der Waals surface area (Å²) in [7, 11) is 0. The Balaban J connectivity index is 1.86. The lowest BCUT2D eigenvalue weighted by atomic mass is 10.2. The average Bonchev–Trinajstić information content (AvgIpc) is 2.93. The molecule has 0 radical (unpaired) electrons. The molecule has 0 fully saturated rings. The fraction of sp³-hybridized carbons (Fsp3) is 0.294. The molecule has 7 heteroatoms. The fourth-order valence-corrected chi connectivity index (χ4v) is 2.07. The Labute approximate surface area is 139 Å². The number of carboxylic acids is 1. The summed E-state index contributed by atoms with van der Waals surface area (Å²) in [5.41, 5.74) is 0.0844. The van der Waals surface area contributed by atoms with Crippen LogP contribution < -0.4 is 14.8 Å². The largest absolute Gasteiger partial charge is 0.490 e. The molecule has 128 valence electrons. The van der Waals surface area contributed by atoms with Crippen LogP contribution in [0, 0.1) is 6.92 Å². The number of amides is 1. The maximum atomic E-state index is 11.8. The van der Waals surface area contributed by atoms with Crippen molar-refractivity contribution in [1.29, 1.82) is 0 Å². The monoisotopic (exact) mass is 333 g/mol. The Hall–Kier alpha value is -2.96. The molecule has 24 heavy (non-hydrogen) atoms. The Morgan fingerprint density at radius 3 is 2.46 bits per heavy atom. The molecule has 0 saturated heterocycles. The molecule has 1 amide bonds. The third-order valence-corrected chi connectivity index (χ3v) is 3.17. The minimum absolute atomic E-state index is 0.0844. The normalized spacial score (nSPS) is 10.2. The molecule has 0 saturated carbocycles. The van der Waals surface area contributed by atoms with E-state index in [0.29, 0.717) is 29.6 Å². The minimum atomic E-state index is -1.07. The van der Waals surface area contributed by atoms with Crippen molar-refractivity contribution in [3.8, 4) is 11.5 Å². The van der Waals surface area contributed by atoms with Crippen molar-refractivity contribution in [2.24, 2.45) is 0 Å². The van der Waals surface area contributed by atoms with Gasteiger partial charge in [0, 0.05) is 0 Å². The summed E-state index contributed by atoms with van der Waals surface area (Å²) in [5.74, 6) is 0.301. The molecule has 0 aliphatic heterocycles. The van der Waals surface area contributed by atoms with Gasteiger partial charge in [0.05, 0.1) is 13.2 Å². The number of benzene rings is 1. The molecule has 2 N–H and O–H groups in total. The summed E-state index contributed by atoms with van der Waals surface area (Å²) in [6.45, 7) is 3.82. The van der Waals surface area contributed by atoms with Crippen LogP contribution in [0.1, 0.15) is 28.8 Å². The van der Waals surface area contributed by atoms with Crippen LogP contribution in [0.25, 0.3) is 0 Å². The van der Waals surface area contributed by atoms with E-state index >= 15 is 0 Å². The third-order valence-electron chi connectivity index (χ3n) is 3.17. The zero-order chi connectivity index (χ0) is 17.5. The summed E-state index contributed by atoms with van der Waals surface area (Å²) >= 11 is 0. The number of carbonyl (C=O) groups excluding carboxylic acids is 1. The van der Waals surface area contributed by atoms with Crippen molar-refractivity contribution >= 4 is 11.9 Å². The zero-order valence-electron chi connectivity index (χ0n) is 13.5. The van der Waals surface area contributed by atoms with E-state index in [1.807, 2.05) is 13.0 Å². The van der Waals surface area contributed by atoms with Crippen LogP contribution in [0.5, 0.6) is 11.5 Å². The second-order valence-electron chi connectivity index (χ2n) is 4.93. The number of hydrogen-bond acceptors (Lipinski definition) is 5. The number of nitrogens with one attached hydrogen (secondary N) is 1. The van der Waals surface area contributed by atoms with Crippen molar-refractivity contribution in [1.82, 2.24) is 5.32 Å². The van der Waals surface area contributed by atoms with E-state index in [1.54, 1.807) is 25.1 Å². The van der Waals surface area contributed by atoms with E-state index in [0.717, 1.165) is 0 Å². The number of furan rings is 1. The quantitative estimate of drug-likeness (QED) is 0.770. The van der Waals surface area contributed by atoms with Gasteiger partial charge in [-0.2, -0.15) is 0 Å². The molecule has 1 aromatic carbocycles. The number of hydrogen-bond donors (Lipinski definition) is 2. The highest BCUT2D eigenvalue weighted by molar-refractivity contribution is 5.88. The first-order chi connectivity index (χ1) is 11.5. The number of ether oxygens (including phenoxy) is 2. The van der Waals surface area contributed by atoms with Crippen LogP contribution in [-0.2, 0) is 11.3 Å². The predicted molar refractivity (Wildman–Crippen MR) is 85.4 cm³/mol. The summed E-state index contributed by atoms with van der Waals surface area (Å²) in [4.78, 5) is 22.8. The van der Waals surface area contributed by atoms with Gasteiger partial charge >= 0.3 is 5.97 Å². The molecule has 0 bridgehead atoms. The van der Waals surface area contributed by atoms with Gasteiger partial charge < -0.3 is 24.3 Å². The maximum absolute atomic E-state index is 11.8. The molecule has 2 rings (SSSR count). The van der Waals surface area contributed by atoms with Gasteiger partial charge in [0.25, 0.3) is 5.91 Å². The van der Waals surface area contributed by atoms with E-state index in [2.05, 4.69) is 5.32 Å². The van der Waals surface area contributed by atoms with Gasteiger partial charge in [0.2, 0.25) is 0 Å². The van der Waals surface area contributed by atoms with Crippen molar-refractivity contribution in [3.63, 3.8) is 0 Å². The lowest BCUT2D eigenvalue weighted by molar-refractivity contribution is -0.123. The first kappa shape index (κ1) is 17.4. The second-order valence-corrected chi connectivity index (χ2v) is 4.93. The van der Waals surface area contributed by atoms with E-state index in [1.165, 1.54) is 6.07 Å². The molecule has 2 aromatic rings. The lowest BCUT2D eigenvalue weighted by Gasteiger charge is -2.11. The van der Waals surface area contributed by atoms with E-state index in [4.69, 9.17) is 19.0 Å². The SMILES string of the molecule is CCOc1ccccc1OCC(=O)NCc1cc(C(=O)O)c(C)o1. The first-order valence-electron chi connectivity index (χ1n) is 7.45. The standard InChI is InChI=1S/C17H19NO6/c1-3-22-14-6-4-5-7-15(14)23-10-16(19)18-9-12-8-13(17(20)21)11(2)24-12/h4-8H,3,9-10H2,1-2H3,(H,18,19)(H,20,21). The molecule has 0 aliphatic rings. The van der Waals surface area contributed by atoms with Crippen LogP contribution in [0.4, 0.5) is 0 Å². The summed E-state index contributed by atoms with van der Waals surface area (Å²) in [6.07, 6.45) is 0. The van der Waals surface area contributed by atoms with Gasteiger partial charge in [0.15, 0.2) is 18.1 Å². The lowest BCUT2D eigenvalue weighted by Crippen LogP contribution is -2.28. The van der Waals surface area contributed by atoms with Gasteiger partial charge in [-0.15, -0.1) is 0 Å². The van der Waals surface area contributed by atoms with Gasteiger partial charge in [-0.3, -0.25) is 4.79 Å². The fourth-order valence-electron chi connectivity index (χ4n) is 2.07. The van der Waals surface area contributed by atoms with Crippen LogP contribution >= 0.6 is 0 Å². The highest BCUT2D eigenvalue weighted by Gasteiger charge is 2.14. The van der Waals surface area contributed by atoms with Crippen molar-refractivity contribution in [3.05, 3.63) is 47.4 Å². The van der Waals surface area contributed by atoms with Crippen molar-refractivity contribution < 1.29 is 28.6 Å². The molecule has 0 atom stereocenters. The topological polar surface area (TPSA) is 98.0 Å². The number of para-hydroxylation sites is 2. The third kappa shape index (κ3) is 4.52. The summed E-state index contributed by atoms with van der Waals surface area (Å²) in [5, 5.41) is 11.6. The highest BCUT2D eigenvalue weighted by atomic mass is 16.5. The van der Waals surface area contributed by atoms with E-state index < -0.39 is 5.97 Å². The Morgan fingerprint density at radius 1 is 1.21 bits per heavy atom. The van der Waals surface area contributed by atoms with Crippen molar-refractivity contribution in [2.45, 2.75) is 20.4 Å². The summed E-state index contributed by atoms with van der Waals surface area (Å²) in [6, 6.07) is 8.47. The van der Waals surface area contributed by atoms with Crippen LogP contribution in [-0.4, -0.2) is 30.2 Å². The van der Waals surface area contributed by atoms with Crippen molar-refractivity contribution in [2.75, 3.05) is 13.2 Å². The van der Waals surface area contributed by atoms with E-state index in [-0.39, 0.29) is 24.6 Å². The second kappa shape index (κ2) is 8.05. The van der Waals surface area contributed by atoms with Gasteiger partial charge in [-0.05, 0) is 32.0 Å². The minimum Gasteiger partial charge on any atom is -0.490 e. The van der Waals surface area contributed by atoms with Crippen LogP contribution in [0.2, 0.25) is 0 Å². The van der Waals surface area contributed by atoms with Gasteiger partial charge in [-0.25, -0.2) is 4.79 Å². The predicted octanol–water partition coefficient (Wildman–Crippen LogP) is 2.38. The average molecular weight is 333 g/mol. The molecule has 0 spiro atoms. The van der Waals surface area contributed by atoms with Crippen LogP contribution in [0.15, 0.2) is 34.7 Å². The highest BCUT2D eigenvalue weighted by Crippen LogP contribution is 2.26. The zero-order valence-corrected chi connectivity index (χ0v) is 13.5. The van der Waals surface area contributed by atoms with E-state index in [9.17, 15) is 9.59 Å². The maximum Gasteiger partial charge on any atom is 0.339 e. The Bertz CT molecular complexity index is 722. The summed E-state index contributed by atoms with van der Waals surface area (Å²) < 4.78 is 16.1. The molecular formula is C17H19NO6. The molecule has 1 aromatic heterocycles. The number of carbonyl (C=O) groups is 2. The van der Waals surface area contributed by atoms with Crippen LogP contribution in [0.3, 0.4) is 0 Å². The number of carboxylic acid groups (broad SMARTS) is 1. The Kier molecular flexibility index (Phi) is 5.83. The molecule has 7 nitrogen and oxygen atoms in total. The Morgan fingerprint density at radius 2 is 1.88 bits per heavy atom. The smallest absolute Gasteiger partial charge is 0.339 e.